The summed E-state index contributed by atoms with van der Waals surface area (Å²) in [7, 11) is 6.31. The molecule has 5 nitrogen and oxygen atoms in total. The molecule has 1 saturated heterocycles. The Kier molecular flexibility index (Phi) is 6.08. The fraction of sp³-hybridized carbons (Fsp3) is 0.310. The largest absolute Gasteiger partial charge is 0.378 e. The topological polar surface area (TPSA) is 48.1 Å². The van der Waals surface area contributed by atoms with E-state index in [0.717, 1.165) is 34.6 Å². The summed E-state index contributed by atoms with van der Waals surface area (Å²) in [6, 6.07) is 20.9. The summed E-state index contributed by atoms with van der Waals surface area (Å²) in [6.45, 7) is 3.38. The maximum atomic E-state index is 9.28. The second-order valence-corrected chi connectivity index (χ2v) is 9.63. The molecule has 0 amide bonds. The molecule has 3 heterocycles. The van der Waals surface area contributed by atoms with Gasteiger partial charge in [-0.2, -0.15) is 5.26 Å². The fourth-order valence-electron chi connectivity index (χ4n) is 4.98. The van der Waals surface area contributed by atoms with Gasteiger partial charge in [-0.1, -0.05) is 24.3 Å². The van der Waals surface area contributed by atoms with Crippen LogP contribution in [0.15, 0.2) is 67.0 Å². The zero-order valence-corrected chi connectivity index (χ0v) is 20.2. The molecule has 2 aromatic heterocycles. The summed E-state index contributed by atoms with van der Waals surface area (Å²) in [5, 5.41) is 10.5. The Morgan fingerprint density at radius 1 is 0.971 bits per heavy atom. The van der Waals surface area contributed by atoms with Crippen molar-refractivity contribution in [3.63, 3.8) is 0 Å². The molecule has 0 atom stereocenters. The first-order valence-electron chi connectivity index (χ1n) is 12.0. The number of likely N-dealkylation sites (tertiary alicyclic amines) is 1. The van der Waals surface area contributed by atoms with Gasteiger partial charge in [0, 0.05) is 49.0 Å². The Bertz CT molecular complexity index is 1320. The van der Waals surface area contributed by atoms with Crippen molar-refractivity contribution in [2.24, 2.45) is 5.92 Å². The summed E-state index contributed by atoms with van der Waals surface area (Å²) in [4.78, 5) is 9.52. The van der Waals surface area contributed by atoms with Crippen LogP contribution in [-0.2, 0) is 6.54 Å². The fourth-order valence-corrected chi connectivity index (χ4v) is 4.98. The highest BCUT2D eigenvalue weighted by molar-refractivity contribution is 6.01. The normalized spacial score (nSPS) is 14.9. The van der Waals surface area contributed by atoms with Gasteiger partial charge < -0.3 is 14.4 Å². The predicted molar refractivity (Wildman–Crippen MR) is 140 cm³/mol. The van der Waals surface area contributed by atoms with Crippen LogP contribution in [-0.4, -0.2) is 48.7 Å². The number of benzene rings is 2. The van der Waals surface area contributed by atoms with Crippen LogP contribution < -0.4 is 4.90 Å². The van der Waals surface area contributed by atoms with Crippen molar-refractivity contribution in [2.45, 2.75) is 19.4 Å². The standard InChI is InChI=1S/C29H31N5/c1-32(2)25-10-8-24(9-11-25)29-28(23-6-4-21(18-30)5-7-23)26-14-17-34(27(26)19-31-29)20-22-12-15-33(3)16-13-22/h4-11,14,17,19,22H,12-13,15-16,20H2,1-3H3. The Hall–Kier alpha value is -3.62. The van der Waals surface area contributed by atoms with Gasteiger partial charge in [-0.3, -0.25) is 4.98 Å². The molecule has 0 N–H and O–H groups in total. The average molecular weight is 450 g/mol. The van der Waals surface area contributed by atoms with Gasteiger partial charge >= 0.3 is 0 Å². The summed E-state index contributed by atoms with van der Waals surface area (Å²) in [5.41, 5.74) is 7.28. The van der Waals surface area contributed by atoms with Crippen molar-refractivity contribution in [3.05, 3.63) is 72.6 Å². The molecular weight excluding hydrogens is 418 g/mol. The lowest BCUT2D eigenvalue weighted by Gasteiger charge is -2.29. The zero-order valence-electron chi connectivity index (χ0n) is 20.2. The highest BCUT2D eigenvalue weighted by Gasteiger charge is 2.20. The van der Waals surface area contributed by atoms with E-state index in [1.54, 1.807) is 0 Å². The first-order valence-corrected chi connectivity index (χ1v) is 12.0. The molecule has 0 bridgehead atoms. The van der Waals surface area contributed by atoms with Gasteiger partial charge in [0.2, 0.25) is 0 Å². The second-order valence-electron chi connectivity index (χ2n) is 9.63. The summed E-state index contributed by atoms with van der Waals surface area (Å²) in [5.74, 6) is 0.698. The number of nitriles is 1. The molecule has 1 aliphatic heterocycles. The lowest BCUT2D eigenvalue weighted by Crippen LogP contribution is -2.31. The molecule has 1 aliphatic rings. The molecular formula is C29H31N5. The monoisotopic (exact) mass is 449 g/mol. The first-order chi connectivity index (χ1) is 16.5. The number of fused-ring (bicyclic) bond motifs is 1. The molecule has 34 heavy (non-hydrogen) atoms. The van der Waals surface area contributed by atoms with E-state index in [0.29, 0.717) is 11.5 Å². The van der Waals surface area contributed by atoms with Crippen molar-refractivity contribution in [3.8, 4) is 28.5 Å². The van der Waals surface area contributed by atoms with E-state index in [2.05, 4.69) is 78.1 Å². The number of aromatic nitrogens is 2. The van der Waals surface area contributed by atoms with E-state index in [4.69, 9.17) is 4.98 Å². The van der Waals surface area contributed by atoms with Crippen LogP contribution in [0.3, 0.4) is 0 Å². The Labute approximate surface area is 201 Å². The lowest BCUT2D eigenvalue weighted by atomic mass is 9.95. The Balaban J connectivity index is 1.60. The van der Waals surface area contributed by atoms with Gasteiger partial charge in [0.1, 0.15) is 0 Å². The van der Waals surface area contributed by atoms with E-state index in [1.807, 2.05) is 30.5 Å². The minimum absolute atomic E-state index is 0.667. The van der Waals surface area contributed by atoms with E-state index in [9.17, 15) is 5.26 Å². The zero-order chi connectivity index (χ0) is 23.7. The third-order valence-corrected chi connectivity index (χ3v) is 7.08. The first kappa shape index (κ1) is 22.2. The molecule has 0 radical (unpaired) electrons. The second kappa shape index (κ2) is 9.32. The molecule has 172 valence electrons. The minimum atomic E-state index is 0.667. The van der Waals surface area contributed by atoms with Crippen molar-refractivity contribution in [2.75, 3.05) is 39.1 Å². The molecule has 1 fully saturated rings. The van der Waals surface area contributed by atoms with Gasteiger partial charge in [0.05, 0.1) is 29.0 Å². The van der Waals surface area contributed by atoms with Crippen molar-refractivity contribution in [1.29, 1.82) is 5.26 Å². The summed E-state index contributed by atoms with van der Waals surface area (Å²) in [6.07, 6.45) is 6.73. The van der Waals surface area contributed by atoms with Gasteiger partial charge in [-0.25, -0.2) is 0 Å². The van der Waals surface area contributed by atoms with E-state index in [1.165, 1.54) is 36.8 Å². The van der Waals surface area contributed by atoms with Crippen LogP contribution in [0.1, 0.15) is 18.4 Å². The summed E-state index contributed by atoms with van der Waals surface area (Å²) < 4.78 is 2.38. The minimum Gasteiger partial charge on any atom is -0.378 e. The summed E-state index contributed by atoms with van der Waals surface area (Å²) >= 11 is 0. The van der Waals surface area contributed by atoms with E-state index < -0.39 is 0 Å². The predicted octanol–water partition coefficient (Wildman–Crippen LogP) is 5.65. The van der Waals surface area contributed by atoms with Crippen LogP contribution >= 0.6 is 0 Å². The highest BCUT2D eigenvalue weighted by atomic mass is 15.1. The molecule has 5 heteroatoms. The van der Waals surface area contributed by atoms with Gasteiger partial charge in [0.25, 0.3) is 0 Å². The van der Waals surface area contributed by atoms with Crippen LogP contribution in [0, 0.1) is 17.2 Å². The molecule has 0 saturated carbocycles. The van der Waals surface area contributed by atoms with E-state index >= 15 is 0 Å². The number of rotatable bonds is 5. The molecule has 5 rings (SSSR count). The number of piperidine rings is 1. The van der Waals surface area contributed by atoms with Crippen LogP contribution in [0.5, 0.6) is 0 Å². The van der Waals surface area contributed by atoms with Crippen LogP contribution in [0.25, 0.3) is 33.3 Å². The number of anilines is 1. The number of pyridine rings is 1. The molecule has 0 spiro atoms. The van der Waals surface area contributed by atoms with Crippen LogP contribution in [0.2, 0.25) is 0 Å². The maximum absolute atomic E-state index is 9.28. The molecule has 2 aromatic carbocycles. The molecule has 4 aromatic rings. The highest BCUT2D eigenvalue weighted by Crippen LogP contribution is 2.38. The SMILES string of the molecule is CN1CCC(Cn2ccc3c(-c4ccc(C#N)cc4)c(-c4ccc(N(C)C)cc4)ncc32)CC1. The molecule has 0 aliphatic carbocycles. The Morgan fingerprint density at radius 3 is 2.29 bits per heavy atom. The third-order valence-electron chi connectivity index (χ3n) is 7.08. The lowest BCUT2D eigenvalue weighted by molar-refractivity contribution is 0.206. The van der Waals surface area contributed by atoms with Crippen molar-refractivity contribution in [1.82, 2.24) is 14.5 Å². The molecule has 0 unspecified atom stereocenters. The van der Waals surface area contributed by atoms with Gasteiger partial charge in [-0.05, 0) is 74.8 Å². The number of hydrogen-bond donors (Lipinski definition) is 0. The van der Waals surface area contributed by atoms with Crippen molar-refractivity contribution < 1.29 is 0 Å². The van der Waals surface area contributed by atoms with Gasteiger partial charge in [-0.15, -0.1) is 0 Å². The van der Waals surface area contributed by atoms with E-state index in [-0.39, 0.29) is 0 Å². The number of hydrogen-bond acceptors (Lipinski definition) is 4. The quantitative estimate of drug-likeness (QED) is 0.395. The third kappa shape index (κ3) is 4.30. The van der Waals surface area contributed by atoms with Crippen molar-refractivity contribution >= 4 is 16.6 Å². The van der Waals surface area contributed by atoms with Crippen LogP contribution in [0.4, 0.5) is 5.69 Å². The number of nitrogens with zero attached hydrogens (tertiary/aromatic N) is 5. The Morgan fingerprint density at radius 2 is 1.65 bits per heavy atom. The maximum Gasteiger partial charge on any atom is 0.0991 e. The average Bonchev–Trinajstić information content (AvgIpc) is 3.27. The smallest absolute Gasteiger partial charge is 0.0991 e. The van der Waals surface area contributed by atoms with Gasteiger partial charge in [0.15, 0.2) is 0 Å².